The number of hydrogen-bond acceptors (Lipinski definition) is 6. The number of para-hydroxylation sites is 1. The third-order valence-corrected chi connectivity index (χ3v) is 8.75. The average molecular weight is 519 g/mol. The molecule has 0 unspecified atom stereocenters. The molecule has 2 heterocycles. The summed E-state index contributed by atoms with van der Waals surface area (Å²) in [5.41, 5.74) is 0.407. The lowest BCUT2D eigenvalue weighted by molar-refractivity contribution is -0.355. The van der Waals surface area contributed by atoms with E-state index in [2.05, 4.69) is 47.1 Å². The zero-order valence-electron chi connectivity index (χ0n) is 24.1. The number of anilines is 1. The van der Waals surface area contributed by atoms with E-state index in [0.717, 1.165) is 32.4 Å². The highest BCUT2D eigenvalue weighted by atomic mass is 16.9. The second kappa shape index (κ2) is 15.4. The molecule has 0 aliphatic carbocycles. The summed E-state index contributed by atoms with van der Waals surface area (Å²) >= 11 is 0. The van der Waals surface area contributed by atoms with Crippen LogP contribution in [0, 0.1) is 0 Å². The molecule has 0 bridgehead atoms. The number of aliphatic hydroxyl groups is 1. The lowest BCUT2D eigenvalue weighted by Gasteiger charge is -2.44. The van der Waals surface area contributed by atoms with E-state index in [0.29, 0.717) is 18.9 Å². The van der Waals surface area contributed by atoms with Gasteiger partial charge in [-0.3, -0.25) is 4.90 Å². The van der Waals surface area contributed by atoms with Crippen LogP contribution in [0.5, 0.6) is 0 Å². The van der Waals surface area contributed by atoms with Gasteiger partial charge >= 0.3 is 0 Å². The van der Waals surface area contributed by atoms with Crippen LogP contribution >= 0.6 is 0 Å². The third kappa shape index (κ3) is 8.15. The molecule has 2 fully saturated rings. The summed E-state index contributed by atoms with van der Waals surface area (Å²) in [6.07, 6.45) is 16.9. The van der Waals surface area contributed by atoms with Crippen molar-refractivity contribution in [3.05, 3.63) is 30.3 Å². The quantitative estimate of drug-likeness (QED) is 0.162. The molecule has 2 aliphatic rings. The van der Waals surface area contributed by atoms with E-state index in [4.69, 9.17) is 14.2 Å². The van der Waals surface area contributed by atoms with Crippen LogP contribution < -0.4 is 4.90 Å². The molecule has 1 aromatic rings. The largest absolute Gasteiger partial charge is 0.386 e. The van der Waals surface area contributed by atoms with Crippen LogP contribution in [0.2, 0.25) is 0 Å². The molecular formula is C31H54N2O4. The van der Waals surface area contributed by atoms with Crippen LogP contribution in [0.15, 0.2) is 30.3 Å². The summed E-state index contributed by atoms with van der Waals surface area (Å²) in [4.78, 5) is 5.07. The smallest absolute Gasteiger partial charge is 0.282 e. The van der Waals surface area contributed by atoms with Crippen molar-refractivity contribution in [2.75, 3.05) is 39.3 Å². The second-order valence-electron chi connectivity index (χ2n) is 11.2. The Morgan fingerprint density at radius 1 is 0.811 bits per heavy atom. The molecule has 212 valence electrons. The van der Waals surface area contributed by atoms with E-state index in [-0.39, 0.29) is 6.17 Å². The Morgan fingerprint density at radius 3 is 2.03 bits per heavy atom. The molecule has 0 amide bonds. The fourth-order valence-corrected chi connectivity index (χ4v) is 6.64. The van der Waals surface area contributed by atoms with Crippen molar-refractivity contribution in [1.29, 1.82) is 0 Å². The maximum Gasteiger partial charge on any atom is 0.282 e. The first-order valence-corrected chi connectivity index (χ1v) is 15.0. The number of fused-ring (bicyclic) bond motifs is 1. The van der Waals surface area contributed by atoms with Crippen molar-refractivity contribution in [3.63, 3.8) is 0 Å². The zero-order valence-corrected chi connectivity index (χ0v) is 24.1. The lowest BCUT2D eigenvalue weighted by Crippen LogP contribution is -2.57. The Balaban J connectivity index is 1.69. The molecule has 0 radical (unpaired) electrons. The minimum Gasteiger partial charge on any atom is -0.386 e. The van der Waals surface area contributed by atoms with Crippen molar-refractivity contribution in [3.8, 4) is 0 Å². The molecule has 0 spiro atoms. The minimum atomic E-state index is -1.05. The second-order valence-corrected chi connectivity index (χ2v) is 11.2. The van der Waals surface area contributed by atoms with Gasteiger partial charge in [-0.15, -0.1) is 0 Å². The maximum atomic E-state index is 12.5. The van der Waals surface area contributed by atoms with Gasteiger partial charge in [0.15, 0.2) is 0 Å². The normalized spacial score (nSPS) is 21.9. The Hall–Kier alpha value is -1.18. The minimum absolute atomic E-state index is 0.00141. The first-order valence-electron chi connectivity index (χ1n) is 15.0. The molecule has 0 aromatic heterocycles. The molecular weight excluding hydrogens is 464 g/mol. The van der Waals surface area contributed by atoms with Crippen molar-refractivity contribution in [1.82, 2.24) is 4.90 Å². The number of ether oxygens (including phenoxy) is 3. The van der Waals surface area contributed by atoms with Crippen LogP contribution in [-0.4, -0.2) is 68.2 Å². The highest BCUT2D eigenvalue weighted by molar-refractivity contribution is 5.49. The van der Waals surface area contributed by atoms with E-state index in [1.54, 1.807) is 21.3 Å². The van der Waals surface area contributed by atoms with Gasteiger partial charge in [-0.05, 0) is 44.2 Å². The molecule has 2 saturated heterocycles. The molecule has 6 nitrogen and oxygen atoms in total. The van der Waals surface area contributed by atoms with E-state index in [1.807, 2.05) is 0 Å². The van der Waals surface area contributed by atoms with Crippen molar-refractivity contribution < 1.29 is 19.3 Å². The number of unbranched alkanes of at least 4 members (excludes halogenated alkanes) is 8. The van der Waals surface area contributed by atoms with Gasteiger partial charge < -0.3 is 24.2 Å². The summed E-state index contributed by atoms with van der Waals surface area (Å²) in [5, 5.41) is 12.5. The Kier molecular flexibility index (Phi) is 12.7. The fourth-order valence-electron chi connectivity index (χ4n) is 6.64. The fraction of sp³-hybridized carbons (Fsp3) is 0.806. The predicted octanol–water partition coefficient (Wildman–Crippen LogP) is 6.71. The Morgan fingerprint density at radius 2 is 1.41 bits per heavy atom. The molecule has 6 heteroatoms. The molecule has 0 saturated carbocycles. The Bertz CT molecular complexity index is 736. The van der Waals surface area contributed by atoms with Gasteiger partial charge in [-0.2, -0.15) is 0 Å². The Labute approximate surface area is 226 Å². The van der Waals surface area contributed by atoms with E-state index >= 15 is 0 Å². The van der Waals surface area contributed by atoms with Crippen LogP contribution in [0.1, 0.15) is 103 Å². The summed E-state index contributed by atoms with van der Waals surface area (Å²) in [7, 11) is 4.85. The number of nitrogens with zero attached hydrogens (tertiary/aromatic N) is 2. The highest BCUT2D eigenvalue weighted by Crippen LogP contribution is 2.42. The van der Waals surface area contributed by atoms with Gasteiger partial charge in [-0.25, -0.2) is 0 Å². The van der Waals surface area contributed by atoms with E-state index in [1.165, 1.54) is 69.9 Å². The van der Waals surface area contributed by atoms with Gasteiger partial charge in [0.05, 0.1) is 5.60 Å². The van der Waals surface area contributed by atoms with Crippen LogP contribution in [0.25, 0.3) is 0 Å². The molecule has 2 aliphatic heterocycles. The summed E-state index contributed by atoms with van der Waals surface area (Å²) < 4.78 is 16.6. The standard InChI is InChI=1S/C31H54N2O4/c1-5-6-7-8-9-10-11-12-16-22-30(34,23-18-24-31(35-2,36-3)37-4)29-32-25-17-21-28(32)26-33(29)27-19-14-13-15-20-27/h13-15,19-20,28-29,34H,5-12,16-18,21-26H2,1-4H3/t28-,29+,30+/m0/s1. The number of benzene rings is 1. The highest BCUT2D eigenvalue weighted by Gasteiger charge is 2.51. The predicted molar refractivity (Wildman–Crippen MR) is 152 cm³/mol. The molecule has 3 rings (SSSR count). The number of hydrogen-bond donors (Lipinski definition) is 1. The summed E-state index contributed by atoms with van der Waals surface area (Å²) in [5.74, 6) is -1.05. The monoisotopic (exact) mass is 518 g/mol. The summed E-state index contributed by atoms with van der Waals surface area (Å²) in [6.45, 7) is 4.33. The van der Waals surface area contributed by atoms with Crippen LogP contribution in [0.4, 0.5) is 5.69 Å². The first kappa shape index (κ1) is 30.4. The van der Waals surface area contributed by atoms with E-state index in [9.17, 15) is 5.11 Å². The zero-order chi connectivity index (χ0) is 26.6. The summed E-state index contributed by atoms with van der Waals surface area (Å²) in [6, 6.07) is 11.2. The average Bonchev–Trinajstić information content (AvgIpc) is 3.53. The molecule has 37 heavy (non-hydrogen) atoms. The lowest BCUT2D eigenvalue weighted by atomic mass is 9.85. The number of rotatable bonds is 19. The van der Waals surface area contributed by atoms with Gasteiger partial charge in [0.1, 0.15) is 6.17 Å². The molecule has 1 aromatic carbocycles. The van der Waals surface area contributed by atoms with Gasteiger partial charge in [0.2, 0.25) is 0 Å². The van der Waals surface area contributed by atoms with Crippen LogP contribution in [-0.2, 0) is 14.2 Å². The van der Waals surface area contributed by atoms with Crippen molar-refractivity contribution in [2.24, 2.45) is 0 Å². The van der Waals surface area contributed by atoms with Crippen molar-refractivity contribution in [2.45, 2.75) is 127 Å². The van der Waals surface area contributed by atoms with Crippen molar-refractivity contribution >= 4 is 5.69 Å². The maximum absolute atomic E-state index is 12.5. The molecule has 3 atom stereocenters. The van der Waals surface area contributed by atoms with Gasteiger partial charge in [-0.1, -0.05) is 82.9 Å². The van der Waals surface area contributed by atoms with E-state index < -0.39 is 11.6 Å². The SMILES string of the molecule is CCCCCCCCCCC[C@@](O)(CCCC(OC)(OC)OC)[C@H]1N(c2ccccc2)C[C@@H]2CCCN21. The topological polar surface area (TPSA) is 54.4 Å². The van der Waals surface area contributed by atoms with Crippen LogP contribution in [0.3, 0.4) is 0 Å². The number of methoxy groups -OCH3 is 3. The van der Waals surface area contributed by atoms with Gasteiger partial charge in [0.25, 0.3) is 5.97 Å². The molecule has 1 N–H and O–H groups in total. The first-order chi connectivity index (χ1) is 18.0. The third-order valence-electron chi connectivity index (χ3n) is 8.75. The van der Waals surface area contributed by atoms with Gasteiger partial charge in [0, 0.05) is 52.6 Å².